The summed E-state index contributed by atoms with van der Waals surface area (Å²) < 4.78 is 23.2. The van der Waals surface area contributed by atoms with Crippen LogP contribution in [0, 0.1) is 0 Å². The van der Waals surface area contributed by atoms with Gasteiger partial charge in [0, 0.05) is 41.0 Å². The van der Waals surface area contributed by atoms with Crippen LogP contribution in [0.15, 0.2) is 90.0 Å². The molecule has 0 fully saturated rings. The zero-order valence-electron chi connectivity index (χ0n) is 19.0. The average molecular weight is 524 g/mol. The average Bonchev–Trinajstić information content (AvgIpc) is 2.83. The molecule has 0 saturated carbocycles. The van der Waals surface area contributed by atoms with E-state index in [4.69, 9.17) is 16.7 Å². The number of hydrogen-bond acceptors (Lipinski definition) is 7. The number of amides is 2. The maximum absolute atomic E-state index is 12.4. The van der Waals surface area contributed by atoms with Gasteiger partial charge in [-0.1, -0.05) is 29.8 Å². The third-order valence-corrected chi connectivity index (χ3v) is 6.12. The minimum absolute atomic E-state index is 0.0236. The molecular weight excluding hydrogens is 502 g/mol. The lowest BCUT2D eigenvalue weighted by Gasteiger charge is -2.20. The van der Waals surface area contributed by atoms with Gasteiger partial charge >= 0.3 is 6.03 Å². The quantitative estimate of drug-likeness (QED) is 0.269. The predicted molar refractivity (Wildman–Crippen MR) is 142 cm³/mol. The molecule has 4 rings (SSSR count). The van der Waals surface area contributed by atoms with Crippen molar-refractivity contribution < 1.29 is 13.2 Å². The molecule has 2 amide bonds. The number of hydrogen-bond donors (Lipinski definition) is 4. The Labute approximate surface area is 213 Å². The third kappa shape index (κ3) is 6.48. The second kappa shape index (κ2) is 10.6. The maximum atomic E-state index is 12.4. The molecule has 1 aromatic heterocycles. The largest absolute Gasteiger partial charge is 0.329 e. The molecule has 36 heavy (non-hydrogen) atoms. The fourth-order valence-electron chi connectivity index (χ4n) is 3.26. The van der Waals surface area contributed by atoms with Gasteiger partial charge in [0.1, 0.15) is 5.82 Å². The lowest BCUT2D eigenvalue weighted by Crippen LogP contribution is -2.19. The van der Waals surface area contributed by atoms with Crippen molar-refractivity contribution in [1.82, 2.24) is 9.97 Å². The van der Waals surface area contributed by atoms with Gasteiger partial charge in [0.05, 0.1) is 4.90 Å². The number of rotatable bonds is 7. The van der Waals surface area contributed by atoms with E-state index >= 15 is 0 Å². The second-order valence-electron chi connectivity index (χ2n) is 7.64. The summed E-state index contributed by atoms with van der Waals surface area (Å²) in [5.41, 5.74) is 2.38. The number of primary sulfonamides is 1. The zero-order valence-corrected chi connectivity index (χ0v) is 20.6. The fourth-order valence-corrected chi connectivity index (χ4v) is 4.01. The zero-order chi connectivity index (χ0) is 25.7. The molecule has 3 aromatic carbocycles. The van der Waals surface area contributed by atoms with E-state index < -0.39 is 16.1 Å². The van der Waals surface area contributed by atoms with Gasteiger partial charge in [-0.05, 0) is 60.7 Å². The molecule has 0 aliphatic heterocycles. The molecule has 0 unspecified atom stereocenters. The highest BCUT2D eigenvalue weighted by Crippen LogP contribution is 2.26. The van der Waals surface area contributed by atoms with Crippen molar-refractivity contribution in [3.05, 3.63) is 90.1 Å². The number of nitrogens with one attached hydrogen (secondary N) is 3. The van der Waals surface area contributed by atoms with Crippen LogP contribution in [0.2, 0.25) is 5.02 Å². The Hall–Kier alpha value is -4.19. The van der Waals surface area contributed by atoms with E-state index in [1.165, 1.54) is 12.1 Å². The van der Waals surface area contributed by atoms with E-state index in [1.54, 1.807) is 66.9 Å². The van der Waals surface area contributed by atoms with E-state index in [2.05, 4.69) is 25.9 Å². The van der Waals surface area contributed by atoms with Gasteiger partial charge in [-0.3, -0.25) is 0 Å². The molecule has 0 spiro atoms. The summed E-state index contributed by atoms with van der Waals surface area (Å²) in [6, 6.07) is 21.4. The minimum atomic E-state index is -3.84. The van der Waals surface area contributed by atoms with Crippen LogP contribution in [-0.2, 0) is 10.0 Å². The summed E-state index contributed by atoms with van der Waals surface area (Å²) in [4.78, 5) is 22.9. The van der Waals surface area contributed by atoms with Gasteiger partial charge in [-0.2, -0.15) is 4.98 Å². The van der Waals surface area contributed by atoms with Crippen molar-refractivity contribution in [3.63, 3.8) is 0 Å². The lowest BCUT2D eigenvalue weighted by atomic mass is 10.2. The maximum Gasteiger partial charge on any atom is 0.323 e. The van der Waals surface area contributed by atoms with Gasteiger partial charge in [-0.15, -0.1) is 0 Å². The van der Waals surface area contributed by atoms with Crippen LogP contribution in [0.25, 0.3) is 0 Å². The van der Waals surface area contributed by atoms with Gasteiger partial charge in [0.25, 0.3) is 0 Å². The van der Waals surface area contributed by atoms with Crippen LogP contribution in [0.3, 0.4) is 0 Å². The van der Waals surface area contributed by atoms with Crippen molar-refractivity contribution in [2.24, 2.45) is 5.14 Å². The third-order valence-electron chi connectivity index (χ3n) is 4.98. The Kier molecular flexibility index (Phi) is 7.34. The topological polar surface area (TPSA) is 142 Å². The number of anilines is 6. The Balaban J connectivity index is 1.47. The highest BCUT2D eigenvalue weighted by Gasteiger charge is 2.11. The Morgan fingerprint density at radius 1 is 0.917 bits per heavy atom. The second-order valence-corrected chi connectivity index (χ2v) is 9.63. The van der Waals surface area contributed by atoms with E-state index in [0.29, 0.717) is 27.9 Å². The molecule has 0 saturated heterocycles. The van der Waals surface area contributed by atoms with Crippen LogP contribution in [0.1, 0.15) is 0 Å². The summed E-state index contributed by atoms with van der Waals surface area (Å²) in [5.74, 6) is 0.830. The van der Waals surface area contributed by atoms with Crippen LogP contribution in [0.5, 0.6) is 0 Å². The molecule has 0 aliphatic rings. The number of nitrogens with zero attached hydrogens (tertiary/aromatic N) is 3. The van der Waals surface area contributed by atoms with Gasteiger partial charge in [-0.25, -0.2) is 23.3 Å². The standard InChI is InChI=1S/C24H22ClN7O3S/c1-32(20-9-3-7-18(14-20)30-24(33)29-17-6-2-5-16(25)13-17)22-11-12-27-23(31-22)28-19-8-4-10-21(15-19)36(26,34)35/h2-15H,1H3,(H2,26,34,35)(H,27,28,31)(H2,29,30,33). The Bertz CT molecular complexity index is 1520. The summed E-state index contributed by atoms with van der Waals surface area (Å²) in [5, 5.41) is 14.2. The van der Waals surface area contributed by atoms with Gasteiger partial charge in [0.15, 0.2) is 0 Å². The highest BCUT2D eigenvalue weighted by molar-refractivity contribution is 7.89. The first-order chi connectivity index (χ1) is 17.2. The first-order valence-electron chi connectivity index (χ1n) is 10.6. The number of urea groups is 1. The molecule has 0 aliphatic carbocycles. The van der Waals surface area contributed by atoms with E-state index in [1.807, 2.05) is 18.0 Å². The first-order valence-corrected chi connectivity index (χ1v) is 12.5. The molecule has 10 nitrogen and oxygen atoms in total. The van der Waals surface area contributed by atoms with Gasteiger partial charge in [0.2, 0.25) is 16.0 Å². The van der Waals surface area contributed by atoms with Crippen molar-refractivity contribution in [2.45, 2.75) is 4.90 Å². The predicted octanol–water partition coefficient (Wildman–Crippen LogP) is 4.93. The molecule has 0 atom stereocenters. The number of benzene rings is 3. The smallest absolute Gasteiger partial charge is 0.323 e. The monoisotopic (exact) mass is 523 g/mol. The molecule has 1 heterocycles. The van der Waals surface area contributed by atoms with Crippen LogP contribution >= 0.6 is 11.6 Å². The molecule has 184 valence electrons. The van der Waals surface area contributed by atoms with E-state index in [0.717, 1.165) is 5.69 Å². The Morgan fingerprint density at radius 2 is 1.58 bits per heavy atom. The van der Waals surface area contributed by atoms with Crippen LogP contribution in [-0.4, -0.2) is 31.5 Å². The fraction of sp³-hybridized carbons (Fsp3) is 0.0417. The van der Waals surface area contributed by atoms with E-state index in [9.17, 15) is 13.2 Å². The first kappa shape index (κ1) is 24.9. The number of carbonyl (C=O) groups is 1. The molecule has 0 radical (unpaired) electrons. The number of halogens is 1. The van der Waals surface area contributed by atoms with Crippen molar-refractivity contribution in [3.8, 4) is 0 Å². The molecule has 5 N–H and O–H groups in total. The van der Waals surface area contributed by atoms with Crippen molar-refractivity contribution >= 4 is 62.2 Å². The summed E-state index contributed by atoms with van der Waals surface area (Å²) in [7, 11) is -2.02. The number of aromatic nitrogens is 2. The van der Waals surface area contributed by atoms with E-state index in [-0.39, 0.29) is 10.8 Å². The SMILES string of the molecule is CN(c1cccc(NC(=O)Nc2cccc(Cl)c2)c1)c1ccnc(Nc2cccc(S(N)(=O)=O)c2)n1. The molecular formula is C24H22ClN7O3S. The number of carbonyl (C=O) groups excluding carboxylic acids is 1. The number of nitrogens with two attached hydrogens (primary N) is 1. The molecule has 12 heteroatoms. The molecule has 4 aromatic rings. The highest BCUT2D eigenvalue weighted by atomic mass is 35.5. The number of sulfonamides is 1. The van der Waals surface area contributed by atoms with Gasteiger partial charge < -0.3 is 20.9 Å². The van der Waals surface area contributed by atoms with Crippen LogP contribution < -0.4 is 26.0 Å². The van der Waals surface area contributed by atoms with Crippen LogP contribution in [0.4, 0.5) is 39.3 Å². The minimum Gasteiger partial charge on any atom is -0.329 e. The van der Waals surface area contributed by atoms with Crippen molar-refractivity contribution in [1.29, 1.82) is 0 Å². The lowest BCUT2D eigenvalue weighted by molar-refractivity contribution is 0.262. The summed E-state index contributed by atoms with van der Waals surface area (Å²) in [6.07, 6.45) is 1.57. The van der Waals surface area contributed by atoms with Crippen molar-refractivity contribution in [2.75, 3.05) is 27.9 Å². The summed E-state index contributed by atoms with van der Waals surface area (Å²) in [6.45, 7) is 0. The normalized spacial score (nSPS) is 11.0. The Morgan fingerprint density at radius 3 is 2.31 bits per heavy atom. The summed E-state index contributed by atoms with van der Waals surface area (Å²) >= 11 is 5.96. The molecule has 0 bridgehead atoms.